The molecule has 0 bridgehead atoms. The molecule has 210 valence electrons. The average molecular weight is 559 g/mol. The Morgan fingerprint density at radius 2 is 1.59 bits per heavy atom. The summed E-state index contributed by atoms with van der Waals surface area (Å²) in [6.07, 6.45) is 0.518. The van der Waals surface area contributed by atoms with Crippen molar-refractivity contribution in [1.82, 2.24) is 0 Å². The summed E-state index contributed by atoms with van der Waals surface area (Å²) in [6.45, 7) is 6.92. The van der Waals surface area contributed by atoms with Crippen molar-refractivity contribution in [2.75, 3.05) is 20.1 Å². The van der Waals surface area contributed by atoms with Gasteiger partial charge in [-0.05, 0) is 97.7 Å². The molecule has 9 heteroatoms. The number of aromatic hydroxyl groups is 1. The lowest BCUT2D eigenvalue weighted by Gasteiger charge is -2.18. The molecule has 0 amide bonds. The molecule has 0 spiro atoms. The van der Waals surface area contributed by atoms with Crippen molar-refractivity contribution in [2.45, 2.75) is 53.1 Å². The van der Waals surface area contributed by atoms with Gasteiger partial charge in [0.05, 0.1) is 12.3 Å². The van der Waals surface area contributed by atoms with E-state index in [1.807, 2.05) is 26.0 Å². The van der Waals surface area contributed by atoms with Gasteiger partial charge in [0.1, 0.15) is 11.6 Å². The zero-order valence-corrected chi connectivity index (χ0v) is 23.9. The summed E-state index contributed by atoms with van der Waals surface area (Å²) in [5, 5.41) is 10.4. The van der Waals surface area contributed by atoms with E-state index in [1.165, 1.54) is 24.8 Å². The number of rotatable bonds is 12. The van der Waals surface area contributed by atoms with Gasteiger partial charge in [-0.15, -0.1) is 0 Å². The molecule has 1 unspecified atom stereocenters. The highest BCUT2D eigenvalue weighted by Crippen LogP contribution is 2.47. The SMILES string of the molecule is COP(=O)(CCc1cc(C)c(Cc2ccc(O)c(Cc3ccc(F)cc3)c2)c(C)c1)OCOC(=O)OC(C)C. The summed E-state index contributed by atoms with van der Waals surface area (Å²) in [4.78, 5) is 11.5. The molecule has 0 heterocycles. The number of carbonyl (C=O) groups excluding carboxylic acids is 1. The molecule has 0 saturated carbocycles. The third kappa shape index (κ3) is 9.20. The number of benzene rings is 3. The monoisotopic (exact) mass is 558 g/mol. The van der Waals surface area contributed by atoms with Crippen LogP contribution in [-0.4, -0.2) is 37.4 Å². The van der Waals surface area contributed by atoms with Crippen molar-refractivity contribution >= 4 is 13.8 Å². The lowest BCUT2D eigenvalue weighted by molar-refractivity contribution is -0.0119. The fourth-order valence-corrected chi connectivity index (χ4v) is 5.44. The predicted octanol–water partition coefficient (Wildman–Crippen LogP) is 7.25. The van der Waals surface area contributed by atoms with Gasteiger partial charge in [0.2, 0.25) is 6.79 Å². The molecule has 7 nitrogen and oxygen atoms in total. The minimum absolute atomic E-state index is 0.120. The molecule has 0 fully saturated rings. The van der Waals surface area contributed by atoms with Crippen LogP contribution in [0, 0.1) is 19.7 Å². The summed E-state index contributed by atoms with van der Waals surface area (Å²) in [5.41, 5.74) is 7.08. The molecule has 3 aromatic carbocycles. The smallest absolute Gasteiger partial charge is 0.508 e. The molecule has 0 radical (unpaired) electrons. The van der Waals surface area contributed by atoms with Crippen LogP contribution in [-0.2, 0) is 42.3 Å². The molecule has 0 aliphatic rings. The Morgan fingerprint density at radius 1 is 0.949 bits per heavy atom. The molecular formula is C30H36FO7P. The largest absolute Gasteiger partial charge is 0.510 e. The number of hydrogen-bond acceptors (Lipinski definition) is 7. The van der Waals surface area contributed by atoms with Crippen LogP contribution < -0.4 is 0 Å². The van der Waals surface area contributed by atoms with E-state index in [9.17, 15) is 18.9 Å². The lowest BCUT2D eigenvalue weighted by atomic mass is 9.92. The first-order valence-corrected chi connectivity index (χ1v) is 14.5. The fraction of sp³-hybridized carbons (Fsp3) is 0.367. The van der Waals surface area contributed by atoms with E-state index in [-0.39, 0.29) is 23.8 Å². The topological polar surface area (TPSA) is 91.3 Å². The first-order chi connectivity index (χ1) is 18.5. The van der Waals surface area contributed by atoms with E-state index in [1.54, 1.807) is 32.0 Å². The summed E-state index contributed by atoms with van der Waals surface area (Å²) in [6, 6.07) is 16.0. The van der Waals surface area contributed by atoms with E-state index < -0.39 is 20.5 Å². The Morgan fingerprint density at radius 3 is 2.21 bits per heavy atom. The maximum atomic E-state index is 13.3. The van der Waals surface area contributed by atoms with Crippen LogP contribution in [0.3, 0.4) is 0 Å². The Kier molecular flexibility index (Phi) is 10.7. The van der Waals surface area contributed by atoms with Crippen molar-refractivity contribution in [3.63, 3.8) is 0 Å². The zero-order chi connectivity index (χ0) is 28.6. The highest BCUT2D eigenvalue weighted by atomic mass is 31.2. The van der Waals surface area contributed by atoms with Gasteiger partial charge >= 0.3 is 13.8 Å². The molecule has 1 N–H and O–H groups in total. The van der Waals surface area contributed by atoms with Crippen LogP contribution in [0.4, 0.5) is 9.18 Å². The normalized spacial score (nSPS) is 12.8. The second-order valence-corrected chi connectivity index (χ2v) is 12.0. The van der Waals surface area contributed by atoms with E-state index in [2.05, 4.69) is 12.1 Å². The van der Waals surface area contributed by atoms with Crippen LogP contribution in [0.2, 0.25) is 0 Å². The van der Waals surface area contributed by atoms with E-state index in [0.29, 0.717) is 19.3 Å². The van der Waals surface area contributed by atoms with Gasteiger partial charge in [0.15, 0.2) is 0 Å². The first-order valence-electron chi connectivity index (χ1n) is 12.7. The number of hydrogen-bond donors (Lipinski definition) is 1. The maximum Gasteiger partial charge on any atom is 0.510 e. The second-order valence-electron chi connectivity index (χ2n) is 9.73. The molecule has 1 atom stereocenters. The van der Waals surface area contributed by atoms with E-state index in [0.717, 1.165) is 33.4 Å². The standard InChI is InChI=1S/C30H36FO7P/c1-20(2)38-30(33)36-19-37-39(34,35-5)13-12-25-14-21(3)28(22(4)15-25)18-24-8-11-29(32)26(17-24)16-23-6-9-27(31)10-7-23/h6-11,14-15,17,20,32H,12-13,16,18-19H2,1-5H3. The molecule has 0 aromatic heterocycles. The highest BCUT2D eigenvalue weighted by molar-refractivity contribution is 7.53. The van der Waals surface area contributed by atoms with Crippen molar-refractivity contribution in [1.29, 1.82) is 0 Å². The van der Waals surface area contributed by atoms with Crippen LogP contribution in [0.15, 0.2) is 54.6 Å². The van der Waals surface area contributed by atoms with E-state index >= 15 is 0 Å². The van der Waals surface area contributed by atoms with Crippen molar-refractivity contribution in [2.24, 2.45) is 0 Å². The molecule has 3 rings (SSSR count). The van der Waals surface area contributed by atoms with Gasteiger partial charge in [-0.1, -0.05) is 36.4 Å². The lowest BCUT2D eigenvalue weighted by Crippen LogP contribution is -2.15. The number of halogens is 1. The Labute approximate surface area is 229 Å². The summed E-state index contributed by atoms with van der Waals surface area (Å²) >= 11 is 0. The van der Waals surface area contributed by atoms with Crippen molar-refractivity contribution in [3.8, 4) is 5.75 Å². The summed E-state index contributed by atoms with van der Waals surface area (Å²) < 4.78 is 46.2. The third-order valence-corrected chi connectivity index (χ3v) is 8.13. The Bertz CT molecular complexity index is 1300. The van der Waals surface area contributed by atoms with Gasteiger partial charge in [0.25, 0.3) is 0 Å². The van der Waals surface area contributed by atoms with Gasteiger partial charge in [-0.25, -0.2) is 9.18 Å². The van der Waals surface area contributed by atoms with Crippen molar-refractivity contribution < 1.29 is 37.4 Å². The maximum absolute atomic E-state index is 13.3. The van der Waals surface area contributed by atoms with Crippen molar-refractivity contribution in [3.05, 3.63) is 99.4 Å². The number of phenolic OH excluding ortho intramolecular Hbond substituents is 1. The van der Waals surface area contributed by atoms with E-state index in [4.69, 9.17) is 18.5 Å². The number of ether oxygens (including phenoxy) is 2. The van der Waals surface area contributed by atoms with Gasteiger partial charge in [0, 0.05) is 13.5 Å². The summed E-state index contributed by atoms with van der Waals surface area (Å²) in [5.74, 6) is -0.0831. The van der Waals surface area contributed by atoms with Gasteiger partial charge < -0.3 is 19.1 Å². The van der Waals surface area contributed by atoms with Gasteiger partial charge in [-0.3, -0.25) is 9.09 Å². The predicted molar refractivity (Wildman–Crippen MR) is 148 cm³/mol. The Hall–Kier alpha value is -3.19. The minimum Gasteiger partial charge on any atom is -0.508 e. The molecule has 0 saturated heterocycles. The zero-order valence-electron chi connectivity index (χ0n) is 23.0. The number of aryl methyl sites for hydroxylation is 3. The highest BCUT2D eigenvalue weighted by Gasteiger charge is 2.24. The molecule has 0 aliphatic heterocycles. The molecule has 3 aromatic rings. The van der Waals surface area contributed by atoms with Crippen LogP contribution in [0.1, 0.15) is 52.8 Å². The van der Waals surface area contributed by atoms with Crippen LogP contribution in [0.5, 0.6) is 5.75 Å². The number of phenols is 1. The average Bonchev–Trinajstić information content (AvgIpc) is 2.87. The fourth-order valence-electron chi connectivity index (χ4n) is 4.28. The quantitative estimate of drug-likeness (QED) is 0.142. The van der Waals surface area contributed by atoms with Crippen LogP contribution >= 0.6 is 7.60 Å². The van der Waals surface area contributed by atoms with Gasteiger partial charge in [-0.2, -0.15) is 0 Å². The minimum atomic E-state index is -3.47. The molecular weight excluding hydrogens is 522 g/mol. The first kappa shape index (κ1) is 30.4. The molecule has 0 aliphatic carbocycles. The Balaban J connectivity index is 1.65. The second kappa shape index (κ2) is 13.7. The third-order valence-electron chi connectivity index (χ3n) is 6.30. The van der Waals surface area contributed by atoms with Crippen LogP contribution in [0.25, 0.3) is 0 Å². The summed E-state index contributed by atoms with van der Waals surface area (Å²) in [7, 11) is -2.17. The molecule has 39 heavy (non-hydrogen) atoms. The number of carbonyl (C=O) groups is 1.